The Kier molecular flexibility index (Phi) is 33.3. The number of H-pyrrole nitrogens is 1. The fraction of sp³-hybridized carbons (Fsp3) is 0.182. The van der Waals surface area contributed by atoms with Crippen LogP contribution in [-0.2, 0) is 14.5 Å². The van der Waals surface area contributed by atoms with Gasteiger partial charge in [0, 0.05) is 51.1 Å². The number of amides is 1. The Morgan fingerprint density at radius 2 is 1.42 bits per heavy atom. The topological polar surface area (TPSA) is 275 Å². The minimum atomic E-state index is -0.537. The van der Waals surface area contributed by atoms with E-state index in [0.29, 0.717) is 23.7 Å². The molecule has 0 radical (unpaired) electrons. The standard InChI is InChI=1S/C10H7N3O3.C10H13N3O.C5H3ClN2O2.C5H5NO.CH2O3.2CH4.2Cs.H2.H/c14-10-3-1-2-6-12(10)9-5-4-8(7-11-9)13(15)16;11-8-4-5-9(12-7-8)13-6-2-1-3-10(13)14;6-5-2-1-4(3-7-5)8(9)10;7-5-3-1-2-4-6-5;2-1-4-3;;;;;;/h1-7H;4-5,7H,1-3,6,11H2;1-3H;1-4H,(H,6,7);1,3H;2*1H4;;;1H;/q;;;;;;;2*+1;;-1/p-1. The van der Waals surface area contributed by atoms with Gasteiger partial charge in [-0.15, -0.1) is 0 Å². The first-order valence-electron chi connectivity index (χ1n) is 14.4. The summed E-state index contributed by atoms with van der Waals surface area (Å²) in [5, 5.41) is 29.1. The van der Waals surface area contributed by atoms with E-state index in [0.717, 1.165) is 31.8 Å². The zero-order chi connectivity index (χ0) is 37.6. The maximum Gasteiger partial charge on any atom is 1.00 e. The number of nitrogens with zero attached hydrogens (tertiary/aromatic N) is 7. The summed E-state index contributed by atoms with van der Waals surface area (Å²) in [7, 11) is 0. The first-order valence-corrected chi connectivity index (χ1v) is 14.8. The van der Waals surface area contributed by atoms with Gasteiger partial charge in [0.1, 0.15) is 29.2 Å². The van der Waals surface area contributed by atoms with E-state index >= 15 is 0 Å². The van der Waals surface area contributed by atoms with Crippen LogP contribution in [0.5, 0.6) is 0 Å². The predicted octanol–water partition coefficient (Wildman–Crippen LogP) is -1.59. The number of nitrogens with two attached hydrogens (primary N) is 1. The predicted molar refractivity (Wildman–Crippen MR) is 198 cm³/mol. The number of carbonyl (C=O) groups is 2. The number of aromatic nitrogens is 5. The van der Waals surface area contributed by atoms with Crippen LogP contribution in [0, 0.1) is 20.2 Å². The van der Waals surface area contributed by atoms with Gasteiger partial charge >= 0.3 is 138 Å². The van der Waals surface area contributed by atoms with E-state index in [1.807, 2.05) is 0 Å². The summed E-state index contributed by atoms with van der Waals surface area (Å²) in [6, 6.07) is 18.6. The molecule has 6 heterocycles. The number of nitro groups is 2. The third-order valence-corrected chi connectivity index (χ3v) is 6.25. The number of nitrogens with one attached hydrogen (secondary N) is 1. The van der Waals surface area contributed by atoms with Gasteiger partial charge in [0.05, 0.1) is 21.7 Å². The molecule has 19 nitrogen and oxygen atoms in total. The van der Waals surface area contributed by atoms with Crippen LogP contribution in [0.3, 0.4) is 0 Å². The van der Waals surface area contributed by atoms with Crippen molar-refractivity contribution in [3.8, 4) is 5.82 Å². The Morgan fingerprint density at radius 3 is 1.84 bits per heavy atom. The second kappa shape index (κ2) is 32.3. The van der Waals surface area contributed by atoms with Crippen LogP contribution in [0.4, 0.5) is 22.9 Å². The van der Waals surface area contributed by atoms with Crippen molar-refractivity contribution in [2.45, 2.75) is 34.1 Å². The molecule has 5 aromatic rings. The number of nitrogen functional groups attached to an aromatic ring is 1. The second-order valence-electron chi connectivity index (χ2n) is 9.51. The molecule has 0 aliphatic carbocycles. The van der Waals surface area contributed by atoms with Crippen LogP contribution in [0.15, 0.2) is 113 Å². The van der Waals surface area contributed by atoms with Crippen molar-refractivity contribution in [1.29, 1.82) is 0 Å². The van der Waals surface area contributed by atoms with Gasteiger partial charge in [-0.1, -0.05) is 38.6 Å². The largest absolute Gasteiger partial charge is 1.00 e. The van der Waals surface area contributed by atoms with Crippen LogP contribution >= 0.6 is 11.6 Å². The van der Waals surface area contributed by atoms with E-state index in [1.54, 1.807) is 59.9 Å². The first kappa shape index (κ1) is 56.6. The van der Waals surface area contributed by atoms with Gasteiger partial charge in [-0.3, -0.25) is 48.9 Å². The molecule has 3 N–H and O–H groups in total. The smallest absolute Gasteiger partial charge is 1.00 e. The molecule has 0 atom stereocenters. The molecule has 0 unspecified atom stereocenters. The van der Waals surface area contributed by atoms with E-state index in [-0.39, 0.29) is 196 Å². The molecular formula is C33H40ClCs2N9O10. The van der Waals surface area contributed by atoms with Crippen molar-refractivity contribution >= 4 is 46.9 Å². The van der Waals surface area contributed by atoms with Crippen LogP contribution in [0.25, 0.3) is 5.82 Å². The molecule has 1 aliphatic rings. The molecule has 286 valence electrons. The maximum atomic E-state index is 11.5. The Labute approximate surface area is 441 Å². The Bertz CT molecular complexity index is 1970. The summed E-state index contributed by atoms with van der Waals surface area (Å²) in [5.74, 6) is 1.23. The van der Waals surface area contributed by atoms with Gasteiger partial charge in [0.25, 0.3) is 23.4 Å². The molecule has 6 rings (SSSR count). The first-order chi connectivity index (χ1) is 24.5. The number of carbonyl (C=O) groups excluding carboxylic acids is 2. The Balaban J connectivity index is -0.000000203. The zero-order valence-electron chi connectivity index (χ0n) is 29.4. The number of piperidine rings is 1. The van der Waals surface area contributed by atoms with Gasteiger partial charge in [-0.25, -0.2) is 15.0 Å². The number of anilines is 2. The summed E-state index contributed by atoms with van der Waals surface area (Å²) < 4.78 is 1.31. The number of rotatable bonds is 5. The van der Waals surface area contributed by atoms with Crippen molar-refractivity contribution in [3.05, 3.63) is 150 Å². The van der Waals surface area contributed by atoms with Crippen molar-refractivity contribution in [2.75, 3.05) is 17.2 Å². The Morgan fingerprint density at radius 1 is 0.836 bits per heavy atom. The van der Waals surface area contributed by atoms with E-state index in [4.69, 9.17) is 27.4 Å². The van der Waals surface area contributed by atoms with Crippen molar-refractivity contribution < 1.29 is 170 Å². The van der Waals surface area contributed by atoms with E-state index in [1.165, 1.54) is 41.0 Å². The number of hydrogen-bond donors (Lipinski definition) is 2. The summed E-state index contributed by atoms with van der Waals surface area (Å²) in [4.78, 5) is 79.5. The number of hydrogen-bond acceptors (Lipinski definition) is 14. The van der Waals surface area contributed by atoms with Crippen molar-refractivity contribution in [1.82, 2.24) is 24.5 Å². The molecule has 0 bridgehead atoms. The maximum absolute atomic E-state index is 11.5. The fourth-order valence-corrected chi connectivity index (χ4v) is 3.82. The second-order valence-corrected chi connectivity index (χ2v) is 9.90. The Hall–Kier alpha value is -2.76. The van der Waals surface area contributed by atoms with Gasteiger partial charge in [-0.05, 0) is 49.2 Å². The summed E-state index contributed by atoms with van der Waals surface area (Å²) in [6.07, 6.45) is 9.64. The minimum absolute atomic E-state index is 0. The monoisotopic (exact) mass is 1020 g/mol. The molecule has 1 aliphatic heterocycles. The van der Waals surface area contributed by atoms with Gasteiger partial charge < -0.3 is 22.3 Å². The molecule has 0 spiro atoms. The molecule has 1 amide bonds. The van der Waals surface area contributed by atoms with Crippen LogP contribution in [0.1, 0.15) is 37.0 Å². The average molecular weight is 1020 g/mol. The summed E-state index contributed by atoms with van der Waals surface area (Å²) >= 11 is 5.38. The molecule has 1 saturated heterocycles. The van der Waals surface area contributed by atoms with Crippen LogP contribution < -0.4 is 165 Å². The van der Waals surface area contributed by atoms with Gasteiger partial charge in [0.2, 0.25) is 11.5 Å². The zero-order valence-corrected chi connectivity index (χ0v) is 41.7. The van der Waals surface area contributed by atoms with Crippen molar-refractivity contribution in [3.63, 3.8) is 0 Å². The third-order valence-electron chi connectivity index (χ3n) is 6.03. The molecule has 22 heteroatoms. The normalized spacial score (nSPS) is 10.4. The molecule has 1 fully saturated rings. The third kappa shape index (κ3) is 22.5. The van der Waals surface area contributed by atoms with Crippen LogP contribution in [0.2, 0.25) is 5.15 Å². The molecular weight excluding hydrogens is 984 g/mol. The van der Waals surface area contributed by atoms with E-state index in [2.05, 4.69) is 24.8 Å². The SMILES string of the molecule is C.C.Nc1ccc(N2CCCCC2=O)nc1.O=CO[O-].O=[N+]([O-])c1ccc(Cl)nc1.O=c1cccc[nH]1.O=c1ccccn1-c1ccc([N+](=O)[O-])cn1.[Cs+].[Cs+].[H-].[HH]. The fourth-order valence-electron chi connectivity index (χ4n) is 3.70. The average Bonchev–Trinajstić information content (AvgIpc) is 3.14. The van der Waals surface area contributed by atoms with Crippen molar-refractivity contribution in [2.24, 2.45) is 0 Å². The number of pyridine rings is 5. The summed E-state index contributed by atoms with van der Waals surface area (Å²) in [5.41, 5.74) is 5.71. The van der Waals surface area contributed by atoms with Gasteiger partial charge in [0.15, 0.2) is 0 Å². The molecule has 5 aromatic heterocycles. The minimum Gasteiger partial charge on any atom is -1.00 e. The van der Waals surface area contributed by atoms with Crippen LogP contribution in [-0.4, -0.2) is 53.3 Å². The number of halogens is 1. The van der Waals surface area contributed by atoms with E-state index < -0.39 is 9.85 Å². The summed E-state index contributed by atoms with van der Waals surface area (Å²) in [6.45, 7) is 0.593. The molecule has 55 heavy (non-hydrogen) atoms. The molecule has 0 saturated carbocycles. The molecule has 0 aromatic carbocycles. The number of aromatic amines is 1. The van der Waals surface area contributed by atoms with Gasteiger partial charge in [-0.2, -0.15) is 0 Å². The quantitative estimate of drug-likeness (QED) is 0.0661. The van der Waals surface area contributed by atoms with E-state index in [9.17, 15) is 34.6 Å².